The van der Waals surface area contributed by atoms with E-state index in [9.17, 15) is 18.0 Å². The molecule has 1 aromatic carbocycles. The van der Waals surface area contributed by atoms with Crippen LogP contribution in [-0.2, 0) is 25.9 Å². The molecule has 5 rings (SSSR count). The molecule has 1 amide bonds. The first-order chi connectivity index (χ1) is 15.9. The van der Waals surface area contributed by atoms with Crippen molar-refractivity contribution in [2.24, 2.45) is 0 Å². The molecular weight excluding hydrogens is 462 g/mol. The van der Waals surface area contributed by atoms with Gasteiger partial charge in [-0.2, -0.15) is 0 Å². The number of ether oxygens (including phenoxy) is 1. The van der Waals surface area contributed by atoms with Gasteiger partial charge < -0.3 is 9.64 Å². The number of sulfone groups is 1. The van der Waals surface area contributed by atoms with Crippen molar-refractivity contribution in [2.45, 2.75) is 38.0 Å². The molecule has 0 radical (unpaired) electrons. The minimum absolute atomic E-state index is 0.0391. The molecule has 4 heterocycles. The number of hydrogen-bond donors (Lipinski definition) is 0. The molecule has 2 atom stereocenters. The van der Waals surface area contributed by atoms with E-state index in [1.807, 2.05) is 36.4 Å². The number of carbonyl (C=O) groups is 1. The Bertz CT molecular complexity index is 1330. The third-order valence-corrected chi connectivity index (χ3v) is 9.12. The van der Waals surface area contributed by atoms with Crippen LogP contribution in [-0.4, -0.2) is 65.6 Å². The van der Waals surface area contributed by atoms with Gasteiger partial charge in [-0.1, -0.05) is 30.3 Å². The highest BCUT2D eigenvalue weighted by Gasteiger charge is 2.36. The van der Waals surface area contributed by atoms with Gasteiger partial charge in [-0.15, -0.1) is 11.3 Å². The van der Waals surface area contributed by atoms with Crippen molar-refractivity contribution in [3.8, 4) is 10.4 Å². The SMILES string of the molecule is O=C(Cn1cnc2sc(-c3ccccc3)cc2c1=O)N(C[C@H]1CCCO1)[C@@H]1CCS(=O)(=O)C1. The lowest BCUT2D eigenvalue weighted by molar-refractivity contribution is -0.135. The van der Waals surface area contributed by atoms with Crippen molar-refractivity contribution in [1.82, 2.24) is 14.5 Å². The number of thiophene rings is 1. The van der Waals surface area contributed by atoms with Crippen LogP contribution in [0.5, 0.6) is 0 Å². The summed E-state index contributed by atoms with van der Waals surface area (Å²) < 4.78 is 31.1. The highest BCUT2D eigenvalue weighted by molar-refractivity contribution is 7.91. The number of rotatable bonds is 6. The van der Waals surface area contributed by atoms with Gasteiger partial charge in [-0.25, -0.2) is 13.4 Å². The Hall–Kier alpha value is -2.56. The third kappa shape index (κ3) is 4.73. The molecule has 0 bridgehead atoms. The molecule has 2 fully saturated rings. The van der Waals surface area contributed by atoms with E-state index in [1.165, 1.54) is 22.2 Å². The minimum Gasteiger partial charge on any atom is -0.376 e. The average molecular weight is 488 g/mol. The maximum absolute atomic E-state index is 13.3. The van der Waals surface area contributed by atoms with E-state index in [0.29, 0.717) is 29.8 Å². The summed E-state index contributed by atoms with van der Waals surface area (Å²) in [6.07, 6.45) is 3.49. The van der Waals surface area contributed by atoms with Crippen LogP contribution in [0, 0.1) is 0 Å². The Kier molecular flexibility index (Phi) is 6.07. The molecule has 33 heavy (non-hydrogen) atoms. The summed E-state index contributed by atoms with van der Waals surface area (Å²) in [5.74, 6) is -0.241. The largest absolute Gasteiger partial charge is 0.376 e. The second-order valence-corrected chi connectivity index (χ2v) is 11.9. The molecule has 2 aliphatic rings. The molecule has 0 N–H and O–H groups in total. The van der Waals surface area contributed by atoms with E-state index in [-0.39, 0.29) is 41.7 Å². The number of amides is 1. The lowest BCUT2D eigenvalue weighted by Gasteiger charge is -2.30. The summed E-state index contributed by atoms with van der Waals surface area (Å²) >= 11 is 1.44. The zero-order valence-electron chi connectivity index (χ0n) is 18.1. The molecule has 0 spiro atoms. The summed E-state index contributed by atoms with van der Waals surface area (Å²) in [4.78, 5) is 34.0. The predicted molar refractivity (Wildman–Crippen MR) is 127 cm³/mol. The summed E-state index contributed by atoms with van der Waals surface area (Å²) in [6.45, 7) is 0.819. The standard InChI is InChI=1S/C23H25N3O5S2/c27-21(26(12-18-7-4-9-31-18)17-8-10-33(29,30)14-17)13-25-15-24-22-19(23(25)28)11-20(32-22)16-5-2-1-3-6-16/h1-3,5-6,11,15,17-18H,4,7-10,12-14H2/t17-,18-/m1/s1. The normalized spacial score (nSPS) is 22.1. The number of aromatic nitrogens is 2. The van der Waals surface area contributed by atoms with Gasteiger partial charge in [0.1, 0.15) is 11.4 Å². The van der Waals surface area contributed by atoms with Gasteiger partial charge in [-0.3, -0.25) is 14.2 Å². The third-order valence-electron chi connectivity index (χ3n) is 6.28. The van der Waals surface area contributed by atoms with E-state index < -0.39 is 9.84 Å². The quantitative estimate of drug-likeness (QED) is 0.529. The lowest BCUT2D eigenvalue weighted by atomic mass is 10.1. The van der Waals surface area contributed by atoms with Gasteiger partial charge in [0.2, 0.25) is 5.91 Å². The number of nitrogens with zero attached hydrogens (tertiary/aromatic N) is 3. The minimum atomic E-state index is -3.16. The molecule has 2 aliphatic heterocycles. The molecule has 0 unspecified atom stereocenters. The second-order valence-electron chi connectivity index (χ2n) is 8.61. The van der Waals surface area contributed by atoms with Crippen molar-refractivity contribution in [2.75, 3.05) is 24.7 Å². The highest BCUT2D eigenvalue weighted by Crippen LogP contribution is 2.30. The molecule has 174 valence electrons. The van der Waals surface area contributed by atoms with Crippen LogP contribution in [0.3, 0.4) is 0 Å². The molecule has 8 nitrogen and oxygen atoms in total. The smallest absolute Gasteiger partial charge is 0.262 e. The second kappa shape index (κ2) is 9.00. The predicted octanol–water partition coefficient (Wildman–Crippen LogP) is 2.32. The average Bonchev–Trinajstić information content (AvgIpc) is 3.54. The first-order valence-corrected chi connectivity index (χ1v) is 13.7. The fraction of sp³-hybridized carbons (Fsp3) is 0.435. The number of benzene rings is 1. The van der Waals surface area contributed by atoms with E-state index >= 15 is 0 Å². The molecule has 2 saturated heterocycles. The van der Waals surface area contributed by atoms with Gasteiger partial charge in [-0.05, 0) is 30.9 Å². The fourth-order valence-corrected chi connectivity index (χ4v) is 7.26. The Morgan fingerprint density at radius 1 is 1.24 bits per heavy atom. The number of carbonyl (C=O) groups excluding carboxylic acids is 1. The Morgan fingerprint density at radius 2 is 2.06 bits per heavy atom. The van der Waals surface area contributed by atoms with Crippen molar-refractivity contribution in [1.29, 1.82) is 0 Å². The number of hydrogen-bond acceptors (Lipinski definition) is 7. The van der Waals surface area contributed by atoms with Crippen LogP contribution in [0.25, 0.3) is 20.7 Å². The van der Waals surface area contributed by atoms with Crippen LogP contribution >= 0.6 is 11.3 Å². The van der Waals surface area contributed by atoms with Crippen molar-refractivity contribution >= 4 is 37.3 Å². The Labute approximate surface area is 195 Å². The van der Waals surface area contributed by atoms with Crippen LogP contribution < -0.4 is 5.56 Å². The van der Waals surface area contributed by atoms with Gasteiger partial charge in [0.15, 0.2) is 9.84 Å². The Balaban J connectivity index is 1.41. The molecule has 2 aromatic heterocycles. The summed E-state index contributed by atoms with van der Waals surface area (Å²) in [6, 6.07) is 11.2. The van der Waals surface area contributed by atoms with Crippen molar-refractivity contribution in [3.63, 3.8) is 0 Å². The van der Waals surface area contributed by atoms with Crippen LogP contribution in [0.4, 0.5) is 0 Å². The van der Waals surface area contributed by atoms with Crippen LogP contribution in [0.1, 0.15) is 19.3 Å². The molecule has 0 saturated carbocycles. The van der Waals surface area contributed by atoms with Crippen molar-refractivity contribution in [3.05, 3.63) is 53.1 Å². The monoisotopic (exact) mass is 487 g/mol. The molecule has 3 aromatic rings. The van der Waals surface area contributed by atoms with E-state index in [2.05, 4.69) is 4.98 Å². The van der Waals surface area contributed by atoms with Crippen LogP contribution in [0.2, 0.25) is 0 Å². The maximum atomic E-state index is 13.3. The first-order valence-electron chi connectivity index (χ1n) is 11.1. The lowest BCUT2D eigenvalue weighted by Crippen LogP contribution is -2.47. The summed E-state index contributed by atoms with van der Waals surface area (Å²) in [5, 5.41) is 0.475. The summed E-state index contributed by atoms with van der Waals surface area (Å²) in [5.41, 5.74) is 0.732. The maximum Gasteiger partial charge on any atom is 0.262 e. The zero-order valence-corrected chi connectivity index (χ0v) is 19.7. The molecule has 0 aliphatic carbocycles. The van der Waals surface area contributed by atoms with Crippen molar-refractivity contribution < 1.29 is 17.9 Å². The summed E-state index contributed by atoms with van der Waals surface area (Å²) in [7, 11) is -3.16. The number of fused-ring (bicyclic) bond motifs is 1. The highest BCUT2D eigenvalue weighted by atomic mass is 32.2. The van der Waals surface area contributed by atoms with Gasteiger partial charge in [0, 0.05) is 24.1 Å². The Morgan fingerprint density at radius 3 is 2.76 bits per heavy atom. The van der Waals surface area contributed by atoms with E-state index in [0.717, 1.165) is 23.3 Å². The van der Waals surface area contributed by atoms with Gasteiger partial charge in [0.05, 0.1) is 29.3 Å². The van der Waals surface area contributed by atoms with E-state index in [4.69, 9.17) is 4.74 Å². The first kappa shape index (κ1) is 22.2. The van der Waals surface area contributed by atoms with Crippen LogP contribution in [0.15, 0.2) is 47.5 Å². The zero-order chi connectivity index (χ0) is 23.0. The van der Waals surface area contributed by atoms with Gasteiger partial charge >= 0.3 is 0 Å². The van der Waals surface area contributed by atoms with E-state index in [1.54, 1.807) is 4.90 Å². The molecule has 10 heteroatoms. The topological polar surface area (TPSA) is 98.6 Å². The molecular formula is C23H25N3O5S2. The fourth-order valence-electron chi connectivity index (χ4n) is 4.54. The van der Waals surface area contributed by atoms with Gasteiger partial charge in [0.25, 0.3) is 5.56 Å².